The van der Waals surface area contributed by atoms with E-state index in [-0.39, 0.29) is 12.6 Å². The fraction of sp³-hybridized carbons (Fsp3) is 0.818. The smallest absolute Gasteiger partial charge is 0.317 e. The number of hydrogen-bond donors (Lipinski definition) is 2. The predicted molar refractivity (Wildman–Crippen MR) is 58.4 cm³/mol. The molecule has 0 aromatic heterocycles. The van der Waals surface area contributed by atoms with Crippen LogP contribution in [0.3, 0.4) is 0 Å². The number of urea groups is 1. The van der Waals surface area contributed by atoms with Crippen molar-refractivity contribution >= 4 is 12.0 Å². The number of carbonyl (C=O) groups is 2. The number of rotatable bonds is 2. The normalized spacial score (nSPS) is 32.8. The summed E-state index contributed by atoms with van der Waals surface area (Å²) in [5, 5.41) is 11.5. The molecule has 5 nitrogen and oxygen atoms in total. The van der Waals surface area contributed by atoms with Crippen molar-refractivity contribution in [3.8, 4) is 0 Å². The number of amides is 2. The van der Waals surface area contributed by atoms with Gasteiger partial charge in [-0.3, -0.25) is 4.79 Å². The standard InChI is InChI=1S/C11H17FN2O3/c12-8-2-1-3-9(8)13-11(17)14-5-4-7(6-14)10(15)16/h7-9H,1-6H2,(H,13,17)(H,15,16)/t7?,8-,9+/m0/s1. The van der Waals surface area contributed by atoms with Crippen molar-refractivity contribution < 1.29 is 19.1 Å². The second-order valence-corrected chi connectivity index (χ2v) is 4.77. The van der Waals surface area contributed by atoms with Crippen LogP contribution in [0, 0.1) is 5.92 Å². The maximum absolute atomic E-state index is 13.3. The van der Waals surface area contributed by atoms with Crippen LogP contribution in [0.5, 0.6) is 0 Å². The molecule has 1 heterocycles. The molecular formula is C11H17FN2O3. The number of carbonyl (C=O) groups excluding carboxylic acids is 1. The first-order chi connectivity index (χ1) is 8.08. The molecule has 2 aliphatic rings. The molecule has 1 aliphatic heterocycles. The molecule has 2 N–H and O–H groups in total. The Morgan fingerprint density at radius 3 is 2.59 bits per heavy atom. The third kappa shape index (κ3) is 2.68. The summed E-state index contributed by atoms with van der Waals surface area (Å²) in [6.45, 7) is 0.664. The number of halogens is 1. The van der Waals surface area contributed by atoms with Gasteiger partial charge in [0, 0.05) is 13.1 Å². The lowest BCUT2D eigenvalue weighted by molar-refractivity contribution is -0.141. The summed E-state index contributed by atoms with van der Waals surface area (Å²) in [7, 11) is 0. The van der Waals surface area contributed by atoms with E-state index in [0.717, 1.165) is 6.42 Å². The van der Waals surface area contributed by atoms with E-state index in [1.807, 2.05) is 0 Å². The molecule has 0 aromatic rings. The second kappa shape index (κ2) is 4.89. The topological polar surface area (TPSA) is 69.6 Å². The monoisotopic (exact) mass is 244 g/mol. The lowest BCUT2D eigenvalue weighted by Crippen LogP contribution is -2.46. The number of nitrogens with one attached hydrogen (secondary N) is 1. The lowest BCUT2D eigenvalue weighted by atomic mass is 10.1. The molecule has 2 amide bonds. The predicted octanol–water partition coefficient (Wildman–Crippen LogP) is 0.993. The fourth-order valence-electron chi connectivity index (χ4n) is 2.47. The van der Waals surface area contributed by atoms with Gasteiger partial charge < -0.3 is 15.3 Å². The van der Waals surface area contributed by atoms with Crippen molar-refractivity contribution in [2.45, 2.75) is 37.9 Å². The van der Waals surface area contributed by atoms with E-state index in [4.69, 9.17) is 5.11 Å². The average molecular weight is 244 g/mol. The summed E-state index contributed by atoms with van der Waals surface area (Å²) in [6.07, 6.45) is 1.49. The Kier molecular flexibility index (Phi) is 3.49. The summed E-state index contributed by atoms with van der Waals surface area (Å²) in [4.78, 5) is 24.0. The molecule has 1 saturated heterocycles. The zero-order valence-corrected chi connectivity index (χ0v) is 9.56. The van der Waals surface area contributed by atoms with E-state index < -0.39 is 24.1 Å². The Morgan fingerprint density at radius 2 is 2.06 bits per heavy atom. The van der Waals surface area contributed by atoms with Gasteiger partial charge in [-0.2, -0.15) is 0 Å². The summed E-state index contributed by atoms with van der Waals surface area (Å²) < 4.78 is 13.3. The van der Waals surface area contributed by atoms with Crippen LogP contribution in [0.4, 0.5) is 9.18 Å². The maximum Gasteiger partial charge on any atom is 0.317 e. The molecule has 3 atom stereocenters. The van der Waals surface area contributed by atoms with Crippen molar-refractivity contribution in [2.24, 2.45) is 5.92 Å². The molecule has 2 rings (SSSR count). The minimum Gasteiger partial charge on any atom is -0.481 e. The summed E-state index contributed by atoms with van der Waals surface area (Å²) in [5.74, 6) is -1.35. The SMILES string of the molecule is O=C(O)C1CCN(C(=O)N[C@@H]2CCC[C@@H]2F)C1. The van der Waals surface area contributed by atoms with Gasteiger partial charge in [0.25, 0.3) is 0 Å². The minimum absolute atomic E-state index is 0.227. The number of hydrogen-bond acceptors (Lipinski definition) is 2. The molecule has 0 radical (unpaired) electrons. The lowest BCUT2D eigenvalue weighted by Gasteiger charge is -2.21. The van der Waals surface area contributed by atoms with Gasteiger partial charge in [-0.15, -0.1) is 0 Å². The van der Waals surface area contributed by atoms with Crippen LogP contribution in [0.25, 0.3) is 0 Å². The maximum atomic E-state index is 13.3. The van der Waals surface area contributed by atoms with Crippen LogP contribution in [0.15, 0.2) is 0 Å². The van der Waals surface area contributed by atoms with E-state index in [1.54, 1.807) is 0 Å². The highest BCUT2D eigenvalue weighted by molar-refractivity contribution is 5.77. The zero-order chi connectivity index (χ0) is 12.4. The van der Waals surface area contributed by atoms with Crippen LogP contribution in [-0.4, -0.2) is 47.3 Å². The molecule has 6 heteroatoms. The molecule has 17 heavy (non-hydrogen) atoms. The van der Waals surface area contributed by atoms with Crippen LogP contribution in [-0.2, 0) is 4.79 Å². The van der Waals surface area contributed by atoms with Gasteiger partial charge >= 0.3 is 12.0 Å². The van der Waals surface area contributed by atoms with E-state index >= 15 is 0 Å². The number of carboxylic acids is 1. The number of alkyl halides is 1. The highest BCUT2D eigenvalue weighted by Crippen LogP contribution is 2.23. The molecule has 1 unspecified atom stereocenters. The van der Waals surface area contributed by atoms with Crippen LogP contribution in [0.2, 0.25) is 0 Å². The Balaban J connectivity index is 1.83. The van der Waals surface area contributed by atoms with Gasteiger partial charge in [0.1, 0.15) is 6.17 Å². The number of likely N-dealkylation sites (tertiary alicyclic amines) is 1. The Bertz CT molecular complexity index is 324. The molecule has 96 valence electrons. The Morgan fingerprint density at radius 1 is 1.29 bits per heavy atom. The number of carboxylic acid groups (broad SMARTS) is 1. The first kappa shape index (κ1) is 12.1. The van der Waals surface area contributed by atoms with Crippen molar-refractivity contribution in [3.63, 3.8) is 0 Å². The molecular weight excluding hydrogens is 227 g/mol. The van der Waals surface area contributed by atoms with E-state index in [9.17, 15) is 14.0 Å². The van der Waals surface area contributed by atoms with Crippen molar-refractivity contribution in [3.05, 3.63) is 0 Å². The summed E-state index contributed by atoms with van der Waals surface area (Å²) in [6, 6.07) is -0.727. The van der Waals surface area contributed by atoms with E-state index in [2.05, 4.69) is 5.32 Å². The minimum atomic E-state index is -0.961. The van der Waals surface area contributed by atoms with Crippen molar-refractivity contribution in [2.75, 3.05) is 13.1 Å². The van der Waals surface area contributed by atoms with Gasteiger partial charge in [-0.05, 0) is 25.7 Å². The Hall–Kier alpha value is -1.33. The van der Waals surface area contributed by atoms with Crippen LogP contribution < -0.4 is 5.32 Å². The largest absolute Gasteiger partial charge is 0.481 e. The fourth-order valence-corrected chi connectivity index (χ4v) is 2.47. The number of nitrogens with zero attached hydrogens (tertiary/aromatic N) is 1. The summed E-state index contributed by atoms with van der Waals surface area (Å²) in [5.41, 5.74) is 0. The van der Waals surface area contributed by atoms with E-state index in [0.29, 0.717) is 25.8 Å². The highest BCUT2D eigenvalue weighted by Gasteiger charge is 2.34. The first-order valence-corrected chi connectivity index (χ1v) is 6.00. The van der Waals surface area contributed by atoms with Gasteiger partial charge in [-0.1, -0.05) is 0 Å². The molecule has 1 saturated carbocycles. The summed E-state index contributed by atoms with van der Waals surface area (Å²) >= 11 is 0. The molecule has 1 aliphatic carbocycles. The third-order valence-corrected chi connectivity index (χ3v) is 3.57. The van der Waals surface area contributed by atoms with Gasteiger partial charge in [0.2, 0.25) is 0 Å². The third-order valence-electron chi connectivity index (χ3n) is 3.57. The quantitative estimate of drug-likeness (QED) is 0.761. The first-order valence-electron chi connectivity index (χ1n) is 6.00. The highest BCUT2D eigenvalue weighted by atomic mass is 19.1. The Labute approximate surface area is 99.0 Å². The molecule has 0 aromatic carbocycles. The van der Waals surface area contributed by atoms with Crippen LogP contribution >= 0.6 is 0 Å². The zero-order valence-electron chi connectivity index (χ0n) is 9.56. The van der Waals surface area contributed by atoms with Gasteiger partial charge in [0.05, 0.1) is 12.0 Å². The second-order valence-electron chi connectivity index (χ2n) is 4.77. The van der Waals surface area contributed by atoms with Crippen molar-refractivity contribution in [1.29, 1.82) is 0 Å². The molecule has 0 spiro atoms. The van der Waals surface area contributed by atoms with Gasteiger partial charge in [-0.25, -0.2) is 9.18 Å². The molecule has 0 bridgehead atoms. The molecule has 2 fully saturated rings. The number of aliphatic carboxylic acids is 1. The van der Waals surface area contributed by atoms with Crippen molar-refractivity contribution in [1.82, 2.24) is 10.2 Å². The van der Waals surface area contributed by atoms with E-state index in [1.165, 1.54) is 4.90 Å². The van der Waals surface area contributed by atoms with Crippen LogP contribution in [0.1, 0.15) is 25.7 Å². The van der Waals surface area contributed by atoms with Gasteiger partial charge in [0.15, 0.2) is 0 Å². The average Bonchev–Trinajstić information content (AvgIpc) is 2.88.